The van der Waals surface area contributed by atoms with Crippen LogP contribution in [0.25, 0.3) is 0 Å². The minimum absolute atomic E-state index is 0.0374. The summed E-state index contributed by atoms with van der Waals surface area (Å²) in [5.41, 5.74) is 0.692. The molecule has 1 aliphatic heterocycles. The van der Waals surface area contributed by atoms with Crippen LogP contribution < -0.4 is 10.2 Å². The first kappa shape index (κ1) is 17.5. The maximum atomic E-state index is 13.2. The summed E-state index contributed by atoms with van der Waals surface area (Å²) >= 11 is 0. The molecule has 1 amide bonds. The highest BCUT2D eigenvalue weighted by molar-refractivity contribution is 5.99. The Morgan fingerprint density at radius 2 is 1.89 bits per heavy atom. The van der Waals surface area contributed by atoms with E-state index < -0.39 is 0 Å². The fourth-order valence-corrected chi connectivity index (χ4v) is 6.56. The maximum Gasteiger partial charge on any atom is 0.256 e. The first-order valence-electron chi connectivity index (χ1n) is 10.8. The van der Waals surface area contributed by atoms with Crippen LogP contribution in [-0.4, -0.2) is 46.0 Å². The van der Waals surface area contributed by atoms with Crippen LogP contribution >= 0.6 is 0 Å². The summed E-state index contributed by atoms with van der Waals surface area (Å²) in [6.07, 6.45) is 10.9. The van der Waals surface area contributed by atoms with Gasteiger partial charge in [-0.25, -0.2) is 0 Å². The van der Waals surface area contributed by atoms with E-state index in [4.69, 9.17) is 0 Å². The van der Waals surface area contributed by atoms with E-state index in [1.165, 1.54) is 32.1 Å². The van der Waals surface area contributed by atoms with Gasteiger partial charge in [0.1, 0.15) is 11.4 Å². The monoisotopic (exact) mass is 372 g/mol. The second-order valence-corrected chi connectivity index (χ2v) is 9.48. The van der Waals surface area contributed by atoms with Gasteiger partial charge in [-0.1, -0.05) is 0 Å². The number of fused-ring (bicyclic) bond motifs is 2. The second kappa shape index (κ2) is 6.80. The average molecular weight is 373 g/mol. The van der Waals surface area contributed by atoms with Gasteiger partial charge in [0.2, 0.25) is 0 Å². The average Bonchev–Trinajstić information content (AvgIpc) is 3.15. The van der Waals surface area contributed by atoms with E-state index >= 15 is 0 Å². The molecule has 1 saturated heterocycles. The van der Waals surface area contributed by atoms with E-state index in [2.05, 4.69) is 15.3 Å². The number of aliphatic hydroxyl groups excluding tert-OH is 1. The van der Waals surface area contributed by atoms with Gasteiger partial charge in [0, 0.05) is 26.2 Å². The number of hydrogen-bond donors (Lipinski definition) is 2. The molecule has 5 unspecified atom stereocenters. The standard InChI is InChI=1S/C21H32N4O2/c1-24-21(25-6-4-16(26)5-7-25)18(12-22-24)20(27)23-19-3-2-13-8-14-10-15(9-13)17(19)11-14/h12-17,19,26H,2-11H2,1H3,(H,23,27). The van der Waals surface area contributed by atoms with Crippen molar-refractivity contribution in [2.24, 2.45) is 30.7 Å². The van der Waals surface area contributed by atoms with Crippen molar-refractivity contribution in [2.45, 2.75) is 63.5 Å². The normalized spacial score (nSPS) is 36.1. The second-order valence-electron chi connectivity index (χ2n) is 9.48. The van der Waals surface area contributed by atoms with Gasteiger partial charge in [-0.05, 0) is 75.0 Å². The van der Waals surface area contributed by atoms with Crippen LogP contribution in [0.5, 0.6) is 0 Å². The fourth-order valence-electron chi connectivity index (χ4n) is 6.56. The highest BCUT2D eigenvalue weighted by atomic mass is 16.3. The molecule has 2 N–H and O–H groups in total. The first-order valence-corrected chi connectivity index (χ1v) is 10.8. The van der Waals surface area contributed by atoms with E-state index in [1.54, 1.807) is 6.20 Å². The molecule has 1 aromatic heterocycles. The molecule has 148 valence electrons. The number of carbonyl (C=O) groups excluding carboxylic acids is 1. The lowest BCUT2D eigenvalue weighted by Crippen LogP contribution is -2.42. The molecule has 0 radical (unpaired) electrons. The molecular weight excluding hydrogens is 340 g/mol. The van der Waals surface area contributed by atoms with Crippen molar-refractivity contribution >= 4 is 11.7 Å². The highest BCUT2D eigenvalue weighted by Gasteiger charge is 2.46. The van der Waals surface area contributed by atoms with Crippen molar-refractivity contribution in [1.29, 1.82) is 0 Å². The Hall–Kier alpha value is -1.56. The third-order valence-electron chi connectivity index (χ3n) is 7.79. The van der Waals surface area contributed by atoms with E-state index in [0.29, 0.717) is 17.5 Å². The van der Waals surface area contributed by atoms with Crippen LogP contribution in [0.4, 0.5) is 5.82 Å². The van der Waals surface area contributed by atoms with Crippen molar-refractivity contribution < 1.29 is 9.90 Å². The van der Waals surface area contributed by atoms with Gasteiger partial charge >= 0.3 is 0 Å². The third-order valence-corrected chi connectivity index (χ3v) is 7.79. The first-order chi connectivity index (χ1) is 13.1. The Bertz CT molecular complexity index is 709. The topological polar surface area (TPSA) is 70.4 Å². The zero-order chi connectivity index (χ0) is 18.5. The minimum Gasteiger partial charge on any atom is -0.393 e. The highest BCUT2D eigenvalue weighted by Crippen LogP contribution is 2.53. The summed E-state index contributed by atoms with van der Waals surface area (Å²) in [7, 11) is 1.91. The van der Waals surface area contributed by atoms with E-state index in [0.717, 1.165) is 55.9 Å². The van der Waals surface area contributed by atoms with Crippen molar-refractivity contribution in [2.75, 3.05) is 18.0 Å². The fraction of sp³-hybridized carbons (Fsp3) is 0.810. The summed E-state index contributed by atoms with van der Waals surface area (Å²) in [4.78, 5) is 15.4. The molecule has 6 heteroatoms. The zero-order valence-electron chi connectivity index (χ0n) is 16.3. The summed E-state index contributed by atoms with van der Waals surface area (Å²) < 4.78 is 1.81. The molecule has 3 aliphatic carbocycles. The number of aromatic nitrogens is 2. The Balaban J connectivity index is 1.33. The number of anilines is 1. The van der Waals surface area contributed by atoms with Gasteiger partial charge in [0.05, 0.1) is 12.3 Å². The van der Waals surface area contributed by atoms with Crippen molar-refractivity contribution in [3.05, 3.63) is 11.8 Å². The lowest BCUT2D eigenvalue weighted by molar-refractivity contribution is 0.0913. The number of hydrogen-bond acceptors (Lipinski definition) is 4. The minimum atomic E-state index is -0.219. The Morgan fingerprint density at radius 1 is 1.11 bits per heavy atom. The molecule has 0 aromatic carbocycles. The SMILES string of the molecule is Cn1ncc(C(=O)NC2CCC3CC4CC(C3)C2C4)c1N1CCC(O)CC1. The van der Waals surface area contributed by atoms with Gasteiger partial charge in [0.25, 0.3) is 5.91 Å². The van der Waals surface area contributed by atoms with Crippen molar-refractivity contribution in [1.82, 2.24) is 15.1 Å². The van der Waals surface area contributed by atoms with Crippen LogP contribution in [0, 0.1) is 23.7 Å². The van der Waals surface area contributed by atoms with E-state index in [9.17, 15) is 9.90 Å². The third kappa shape index (κ3) is 3.16. The Morgan fingerprint density at radius 3 is 2.70 bits per heavy atom. The van der Waals surface area contributed by atoms with E-state index in [-0.39, 0.29) is 12.0 Å². The predicted octanol–water partition coefficient (Wildman–Crippen LogP) is 2.33. The largest absolute Gasteiger partial charge is 0.393 e. The molecule has 0 spiro atoms. The number of aryl methyl sites for hydroxylation is 1. The Labute approximate surface area is 161 Å². The molecule has 4 fully saturated rings. The number of aliphatic hydroxyl groups is 1. The summed E-state index contributed by atoms with van der Waals surface area (Å²) in [6, 6.07) is 0.328. The number of nitrogens with one attached hydrogen (secondary N) is 1. The molecule has 4 aliphatic rings. The molecule has 2 heterocycles. The summed E-state index contributed by atoms with van der Waals surface area (Å²) in [5.74, 6) is 4.26. The molecule has 3 bridgehead atoms. The lowest BCUT2D eigenvalue weighted by Gasteiger charge is -2.32. The molecule has 3 saturated carbocycles. The number of amides is 1. The van der Waals surface area contributed by atoms with Crippen LogP contribution in [0.15, 0.2) is 6.20 Å². The smallest absolute Gasteiger partial charge is 0.256 e. The zero-order valence-corrected chi connectivity index (χ0v) is 16.3. The number of rotatable bonds is 3. The van der Waals surface area contributed by atoms with E-state index in [1.807, 2.05) is 11.7 Å². The number of nitrogens with zero attached hydrogens (tertiary/aromatic N) is 3. The van der Waals surface area contributed by atoms with Crippen LogP contribution in [0.1, 0.15) is 61.7 Å². The van der Waals surface area contributed by atoms with Crippen molar-refractivity contribution in [3.63, 3.8) is 0 Å². The lowest BCUT2D eigenvalue weighted by atomic mass is 9.80. The van der Waals surface area contributed by atoms with Gasteiger partial charge in [0.15, 0.2) is 0 Å². The van der Waals surface area contributed by atoms with Gasteiger partial charge in [-0.3, -0.25) is 9.48 Å². The van der Waals surface area contributed by atoms with Gasteiger partial charge in [-0.2, -0.15) is 5.10 Å². The molecule has 5 atom stereocenters. The Kier molecular flexibility index (Phi) is 4.42. The van der Waals surface area contributed by atoms with Crippen LogP contribution in [0.3, 0.4) is 0 Å². The summed E-state index contributed by atoms with van der Waals surface area (Å²) in [5, 5.41) is 17.6. The summed E-state index contributed by atoms with van der Waals surface area (Å²) in [6.45, 7) is 1.55. The molecular formula is C21H32N4O2. The molecule has 6 nitrogen and oxygen atoms in total. The quantitative estimate of drug-likeness (QED) is 0.854. The number of piperidine rings is 1. The number of carbonyl (C=O) groups is 1. The molecule has 1 aromatic rings. The van der Waals surface area contributed by atoms with Crippen molar-refractivity contribution in [3.8, 4) is 0 Å². The van der Waals surface area contributed by atoms with Gasteiger partial charge < -0.3 is 15.3 Å². The molecule has 5 rings (SSSR count). The van der Waals surface area contributed by atoms with Crippen LogP contribution in [0.2, 0.25) is 0 Å². The van der Waals surface area contributed by atoms with Crippen LogP contribution in [-0.2, 0) is 7.05 Å². The maximum absolute atomic E-state index is 13.2. The van der Waals surface area contributed by atoms with Gasteiger partial charge in [-0.15, -0.1) is 0 Å². The predicted molar refractivity (Wildman–Crippen MR) is 104 cm³/mol. The molecule has 27 heavy (non-hydrogen) atoms.